The predicted octanol–water partition coefficient (Wildman–Crippen LogP) is 4.78. The molecule has 104 valence electrons. The first-order valence-electron chi connectivity index (χ1n) is 7.24. The Labute approximate surface area is 121 Å². The van der Waals surface area contributed by atoms with E-state index >= 15 is 0 Å². The van der Waals surface area contributed by atoms with Crippen LogP contribution in [-0.2, 0) is 0 Å². The van der Waals surface area contributed by atoms with Crippen molar-refractivity contribution in [2.75, 3.05) is 0 Å². The molecule has 2 aromatic carbocycles. The molecule has 0 unspecified atom stereocenters. The van der Waals surface area contributed by atoms with Gasteiger partial charge in [0.1, 0.15) is 0 Å². The summed E-state index contributed by atoms with van der Waals surface area (Å²) in [6, 6.07) is 20.3. The lowest BCUT2D eigenvalue weighted by Gasteiger charge is -2.29. The van der Waals surface area contributed by atoms with Crippen LogP contribution in [0.15, 0.2) is 60.7 Å². The second-order valence-electron chi connectivity index (χ2n) is 5.07. The van der Waals surface area contributed by atoms with Crippen LogP contribution in [0.25, 0.3) is 11.6 Å². The van der Waals surface area contributed by atoms with Gasteiger partial charge < -0.3 is 5.11 Å². The maximum atomic E-state index is 10.9. The maximum absolute atomic E-state index is 10.9. The van der Waals surface area contributed by atoms with E-state index in [1.807, 2.05) is 50.2 Å². The number of hydrogen-bond acceptors (Lipinski definition) is 1. The van der Waals surface area contributed by atoms with Crippen molar-refractivity contribution in [1.82, 2.24) is 0 Å². The van der Waals surface area contributed by atoms with Crippen LogP contribution in [0.2, 0.25) is 0 Å². The summed E-state index contributed by atoms with van der Waals surface area (Å²) in [5.41, 5.74) is 2.42. The van der Waals surface area contributed by atoms with Crippen LogP contribution in [0, 0.1) is 0 Å². The summed E-state index contributed by atoms with van der Waals surface area (Å²) in [5, 5.41) is 10.9. The van der Waals surface area contributed by atoms with E-state index in [2.05, 4.69) is 30.3 Å². The summed E-state index contributed by atoms with van der Waals surface area (Å²) >= 11 is 0. The van der Waals surface area contributed by atoms with Crippen molar-refractivity contribution in [3.8, 4) is 0 Å². The first-order valence-corrected chi connectivity index (χ1v) is 7.24. The first kappa shape index (κ1) is 14.5. The Kier molecular flexibility index (Phi) is 4.75. The van der Waals surface area contributed by atoms with Crippen molar-refractivity contribution < 1.29 is 5.11 Å². The number of rotatable bonds is 5. The molecule has 0 radical (unpaired) electrons. The van der Waals surface area contributed by atoms with Gasteiger partial charge in [0.05, 0.1) is 5.60 Å². The molecule has 1 heteroatoms. The highest BCUT2D eigenvalue weighted by atomic mass is 16.3. The molecule has 0 bridgehead atoms. The molecular weight excluding hydrogens is 244 g/mol. The lowest BCUT2D eigenvalue weighted by Crippen LogP contribution is -2.28. The van der Waals surface area contributed by atoms with Crippen LogP contribution in [0.3, 0.4) is 0 Å². The zero-order valence-electron chi connectivity index (χ0n) is 12.2. The molecule has 0 aliphatic heterocycles. The summed E-state index contributed by atoms with van der Waals surface area (Å²) in [7, 11) is 0. The second-order valence-corrected chi connectivity index (χ2v) is 5.07. The van der Waals surface area contributed by atoms with Crippen LogP contribution < -0.4 is 0 Å². The predicted molar refractivity (Wildman–Crippen MR) is 86.3 cm³/mol. The molecule has 2 rings (SSSR count). The Morgan fingerprint density at radius 2 is 1.40 bits per heavy atom. The Morgan fingerprint density at radius 3 is 1.90 bits per heavy atom. The van der Waals surface area contributed by atoms with E-state index in [0.29, 0.717) is 12.8 Å². The normalized spacial score (nSPS) is 12.4. The van der Waals surface area contributed by atoms with Gasteiger partial charge in [0.25, 0.3) is 0 Å². The van der Waals surface area contributed by atoms with Gasteiger partial charge in [0, 0.05) is 0 Å². The monoisotopic (exact) mass is 266 g/mol. The van der Waals surface area contributed by atoms with E-state index < -0.39 is 5.60 Å². The fourth-order valence-corrected chi connectivity index (χ4v) is 2.45. The van der Waals surface area contributed by atoms with Gasteiger partial charge in [-0.25, -0.2) is 0 Å². The van der Waals surface area contributed by atoms with E-state index in [1.165, 1.54) is 0 Å². The van der Waals surface area contributed by atoms with E-state index in [0.717, 1.165) is 16.7 Å². The standard InChI is InChI=1S/C19H22O/c1-3-19(20,4-2)18(17-13-9-6-10-14-17)15-16-11-7-5-8-12-16/h5-15,20H,3-4H2,1-2H3/b18-15+. The van der Waals surface area contributed by atoms with Crippen molar-refractivity contribution >= 4 is 11.6 Å². The zero-order valence-corrected chi connectivity index (χ0v) is 12.2. The third-order valence-corrected chi connectivity index (χ3v) is 3.87. The largest absolute Gasteiger partial charge is 0.385 e. The summed E-state index contributed by atoms with van der Waals surface area (Å²) < 4.78 is 0. The minimum absolute atomic E-state index is 0.705. The summed E-state index contributed by atoms with van der Waals surface area (Å²) in [6.07, 6.45) is 3.51. The summed E-state index contributed by atoms with van der Waals surface area (Å²) in [6.45, 7) is 4.07. The first-order chi connectivity index (χ1) is 9.69. The Morgan fingerprint density at radius 1 is 0.900 bits per heavy atom. The fraction of sp³-hybridized carbons (Fsp3) is 0.263. The topological polar surface area (TPSA) is 20.2 Å². The molecule has 1 nitrogen and oxygen atoms in total. The van der Waals surface area contributed by atoms with Gasteiger partial charge in [0.15, 0.2) is 0 Å². The highest BCUT2D eigenvalue weighted by molar-refractivity contribution is 5.85. The third kappa shape index (κ3) is 3.17. The fourth-order valence-electron chi connectivity index (χ4n) is 2.45. The van der Waals surface area contributed by atoms with Crippen molar-refractivity contribution in [3.05, 3.63) is 71.8 Å². The molecule has 2 aromatic rings. The second kappa shape index (κ2) is 6.53. The molecule has 0 aromatic heterocycles. The molecule has 0 heterocycles. The van der Waals surface area contributed by atoms with Crippen molar-refractivity contribution in [3.63, 3.8) is 0 Å². The molecule has 0 saturated heterocycles. The molecule has 20 heavy (non-hydrogen) atoms. The van der Waals surface area contributed by atoms with Gasteiger partial charge in [-0.15, -0.1) is 0 Å². The smallest absolute Gasteiger partial charge is 0.0897 e. The van der Waals surface area contributed by atoms with Crippen LogP contribution >= 0.6 is 0 Å². The van der Waals surface area contributed by atoms with Crippen molar-refractivity contribution in [2.24, 2.45) is 0 Å². The van der Waals surface area contributed by atoms with Crippen LogP contribution in [0.1, 0.15) is 37.8 Å². The molecule has 0 spiro atoms. The van der Waals surface area contributed by atoms with Crippen LogP contribution in [0.4, 0.5) is 0 Å². The van der Waals surface area contributed by atoms with Crippen molar-refractivity contribution in [1.29, 1.82) is 0 Å². The Hall–Kier alpha value is -1.86. The maximum Gasteiger partial charge on any atom is 0.0897 e. The zero-order chi connectivity index (χ0) is 14.4. The Balaban J connectivity index is 2.53. The minimum Gasteiger partial charge on any atom is -0.385 e. The lowest BCUT2D eigenvalue weighted by molar-refractivity contribution is 0.0941. The van der Waals surface area contributed by atoms with Gasteiger partial charge in [-0.05, 0) is 35.6 Å². The van der Waals surface area contributed by atoms with Crippen molar-refractivity contribution in [2.45, 2.75) is 32.3 Å². The van der Waals surface area contributed by atoms with E-state index in [-0.39, 0.29) is 0 Å². The summed E-state index contributed by atoms with van der Waals surface area (Å²) in [5.74, 6) is 0. The third-order valence-electron chi connectivity index (χ3n) is 3.87. The van der Waals surface area contributed by atoms with Gasteiger partial charge in [-0.3, -0.25) is 0 Å². The lowest BCUT2D eigenvalue weighted by atomic mass is 9.83. The molecule has 0 saturated carbocycles. The SMILES string of the molecule is CCC(O)(CC)/C(=C/c1ccccc1)c1ccccc1. The van der Waals surface area contributed by atoms with Gasteiger partial charge >= 0.3 is 0 Å². The van der Waals surface area contributed by atoms with Crippen LogP contribution in [-0.4, -0.2) is 10.7 Å². The molecule has 0 fully saturated rings. The highest BCUT2D eigenvalue weighted by Crippen LogP contribution is 2.34. The number of aliphatic hydroxyl groups is 1. The summed E-state index contributed by atoms with van der Waals surface area (Å²) in [4.78, 5) is 0. The molecule has 0 atom stereocenters. The van der Waals surface area contributed by atoms with Crippen LogP contribution in [0.5, 0.6) is 0 Å². The Bertz CT molecular complexity index is 551. The van der Waals surface area contributed by atoms with Gasteiger partial charge in [0.2, 0.25) is 0 Å². The average molecular weight is 266 g/mol. The number of hydrogen-bond donors (Lipinski definition) is 1. The average Bonchev–Trinajstić information content (AvgIpc) is 2.54. The van der Waals surface area contributed by atoms with E-state index in [4.69, 9.17) is 0 Å². The molecule has 0 aliphatic carbocycles. The quantitative estimate of drug-likeness (QED) is 0.772. The molecule has 0 aliphatic rings. The number of benzene rings is 2. The van der Waals surface area contributed by atoms with E-state index in [9.17, 15) is 5.11 Å². The molecule has 1 N–H and O–H groups in total. The highest BCUT2D eigenvalue weighted by Gasteiger charge is 2.28. The van der Waals surface area contributed by atoms with Gasteiger partial charge in [-0.2, -0.15) is 0 Å². The van der Waals surface area contributed by atoms with E-state index in [1.54, 1.807) is 0 Å². The van der Waals surface area contributed by atoms with Gasteiger partial charge in [-0.1, -0.05) is 74.5 Å². The molecular formula is C19H22O. The minimum atomic E-state index is -0.781. The molecule has 0 amide bonds.